The average molecular weight is 388 g/mol. The van der Waals surface area contributed by atoms with Crippen molar-refractivity contribution in [1.82, 2.24) is 19.9 Å². The zero-order chi connectivity index (χ0) is 19.5. The van der Waals surface area contributed by atoms with Crippen LogP contribution in [0, 0.1) is 0 Å². The molecule has 0 saturated carbocycles. The molecule has 0 saturated heterocycles. The third-order valence-electron chi connectivity index (χ3n) is 3.14. The first kappa shape index (κ1) is 20.2. The van der Waals surface area contributed by atoms with Gasteiger partial charge in [-0.25, -0.2) is 0 Å². The van der Waals surface area contributed by atoms with E-state index in [4.69, 9.17) is 0 Å². The quantitative estimate of drug-likeness (QED) is 0.734. The van der Waals surface area contributed by atoms with E-state index in [1.54, 1.807) is 18.2 Å². The molecule has 2 atom stereocenters. The molecule has 0 radical (unpaired) electrons. The summed E-state index contributed by atoms with van der Waals surface area (Å²) in [6.45, 7) is 4.65. The summed E-state index contributed by atoms with van der Waals surface area (Å²) in [6.07, 6.45) is -2.97. The van der Waals surface area contributed by atoms with Crippen molar-refractivity contribution in [3.63, 3.8) is 0 Å². The maximum absolute atomic E-state index is 12.8. The molecule has 2 aromatic rings. The lowest BCUT2D eigenvalue weighted by Gasteiger charge is -2.18. The second-order valence-corrected chi connectivity index (χ2v) is 7.15. The highest BCUT2D eigenvalue weighted by atomic mass is 32.2. The predicted molar refractivity (Wildman–Crippen MR) is 93.3 cm³/mol. The van der Waals surface area contributed by atoms with E-state index in [9.17, 15) is 17.7 Å². The smallest absolute Gasteiger partial charge is 0.408 e. The Morgan fingerprint density at radius 2 is 1.62 bits per heavy atom. The number of alkyl halides is 3. The van der Waals surface area contributed by atoms with E-state index in [1.807, 2.05) is 13.8 Å². The Morgan fingerprint density at radius 3 is 2.15 bits per heavy atom. The van der Waals surface area contributed by atoms with E-state index in [0.29, 0.717) is 5.03 Å². The Bertz CT molecular complexity index is 756. The Morgan fingerprint density at radius 1 is 1.00 bits per heavy atom. The van der Waals surface area contributed by atoms with Crippen LogP contribution >= 0.6 is 0 Å². The molecule has 0 amide bonds. The summed E-state index contributed by atoms with van der Waals surface area (Å²) >= 11 is -1.32. The number of anilines is 2. The number of aromatic nitrogens is 4. The molecule has 0 spiro atoms. The summed E-state index contributed by atoms with van der Waals surface area (Å²) in [6, 6.07) is 2.91. The SMILES string of the molecule is CC(C)Nc1nc(N[C@H](C)C(F)(F)F)nc(-c2cccc([S+](C)[O-])n2)n1. The van der Waals surface area contributed by atoms with Gasteiger partial charge in [0, 0.05) is 23.3 Å². The molecular weight excluding hydrogens is 369 g/mol. The summed E-state index contributed by atoms with van der Waals surface area (Å²) in [5.74, 6) is -0.0354. The number of halogens is 3. The van der Waals surface area contributed by atoms with Gasteiger partial charge in [0.1, 0.15) is 18.0 Å². The van der Waals surface area contributed by atoms with E-state index in [1.165, 1.54) is 6.26 Å². The van der Waals surface area contributed by atoms with Crippen LogP contribution in [0.1, 0.15) is 20.8 Å². The summed E-state index contributed by atoms with van der Waals surface area (Å²) in [5, 5.41) is 5.48. The number of nitrogens with zero attached hydrogens (tertiary/aromatic N) is 4. The van der Waals surface area contributed by atoms with Gasteiger partial charge in [-0.2, -0.15) is 33.1 Å². The normalized spacial score (nSPS) is 14.2. The van der Waals surface area contributed by atoms with Crippen LogP contribution < -0.4 is 10.6 Å². The maximum atomic E-state index is 12.8. The minimum atomic E-state index is -4.45. The highest BCUT2D eigenvalue weighted by Gasteiger charge is 2.36. The third kappa shape index (κ3) is 5.43. The van der Waals surface area contributed by atoms with Crippen LogP contribution in [0.25, 0.3) is 11.5 Å². The molecule has 142 valence electrons. The molecule has 0 aliphatic carbocycles. The number of pyridine rings is 1. The first-order valence-electron chi connectivity index (χ1n) is 7.73. The molecule has 0 fully saturated rings. The first-order valence-corrected chi connectivity index (χ1v) is 9.29. The van der Waals surface area contributed by atoms with Crippen LogP contribution in [-0.4, -0.2) is 49.0 Å². The van der Waals surface area contributed by atoms with Crippen molar-refractivity contribution in [2.24, 2.45) is 0 Å². The Balaban J connectivity index is 2.44. The third-order valence-corrected chi connectivity index (χ3v) is 3.95. The lowest BCUT2D eigenvalue weighted by molar-refractivity contribution is -0.138. The minimum absolute atomic E-state index is 0.0411. The van der Waals surface area contributed by atoms with Crippen molar-refractivity contribution >= 4 is 23.1 Å². The maximum Gasteiger partial charge on any atom is 0.408 e. The Kier molecular flexibility index (Phi) is 6.24. The van der Waals surface area contributed by atoms with Gasteiger partial charge in [-0.1, -0.05) is 6.07 Å². The van der Waals surface area contributed by atoms with Crippen molar-refractivity contribution in [3.8, 4) is 11.5 Å². The fourth-order valence-corrected chi connectivity index (χ4v) is 2.35. The molecule has 2 aromatic heterocycles. The van der Waals surface area contributed by atoms with Gasteiger partial charge < -0.3 is 15.2 Å². The fraction of sp³-hybridized carbons (Fsp3) is 0.467. The topological polar surface area (TPSA) is 98.7 Å². The molecule has 2 heterocycles. The second-order valence-electron chi connectivity index (χ2n) is 5.83. The van der Waals surface area contributed by atoms with E-state index < -0.39 is 23.4 Å². The van der Waals surface area contributed by atoms with Gasteiger partial charge in [0.25, 0.3) is 0 Å². The van der Waals surface area contributed by atoms with E-state index in [-0.39, 0.29) is 29.5 Å². The van der Waals surface area contributed by atoms with Crippen molar-refractivity contribution < 1.29 is 17.7 Å². The van der Waals surface area contributed by atoms with E-state index in [0.717, 1.165) is 6.92 Å². The molecule has 1 unspecified atom stereocenters. The molecule has 0 bridgehead atoms. The number of hydrogen-bond donors (Lipinski definition) is 2. The molecule has 2 N–H and O–H groups in total. The summed E-state index contributed by atoms with van der Waals surface area (Å²) in [5.41, 5.74) is 0.287. The Hall–Kier alpha value is -2.14. The summed E-state index contributed by atoms with van der Waals surface area (Å²) < 4.78 is 50.1. The van der Waals surface area contributed by atoms with Crippen molar-refractivity contribution in [1.29, 1.82) is 0 Å². The minimum Gasteiger partial charge on any atom is -0.610 e. The van der Waals surface area contributed by atoms with E-state index in [2.05, 4.69) is 30.6 Å². The van der Waals surface area contributed by atoms with Crippen molar-refractivity contribution in [2.45, 2.75) is 44.1 Å². The van der Waals surface area contributed by atoms with Crippen molar-refractivity contribution in [2.75, 3.05) is 16.9 Å². The van der Waals surface area contributed by atoms with Crippen LogP contribution in [0.3, 0.4) is 0 Å². The van der Waals surface area contributed by atoms with Crippen LogP contribution in [-0.2, 0) is 11.2 Å². The lowest BCUT2D eigenvalue weighted by atomic mass is 10.3. The predicted octanol–water partition coefficient (Wildman–Crippen LogP) is 2.85. The Labute approximate surface area is 152 Å². The van der Waals surface area contributed by atoms with Gasteiger partial charge in [-0.05, 0) is 26.8 Å². The molecule has 0 aliphatic heterocycles. The number of nitrogens with one attached hydrogen (secondary N) is 2. The van der Waals surface area contributed by atoms with Gasteiger partial charge >= 0.3 is 6.18 Å². The van der Waals surface area contributed by atoms with Crippen LogP contribution in [0.15, 0.2) is 23.2 Å². The molecule has 7 nitrogen and oxygen atoms in total. The summed E-state index contributed by atoms with van der Waals surface area (Å²) in [7, 11) is 0. The highest BCUT2D eigenvalue weighted by Crippen LogP contribution is 2.24. The first-order chi connectivity index (χ1) is 12.1. The van der Waals surface area contributed by atoms with Gasteiger partial charge in [-0.3, -0.25) is 0 Å². The molecule has 0 aromatic carbocycles. The zero-order valence-corrected chi connectivity index (χ0v) is 15.4. The molecular formula is C15H19F3N6OS. The monoisotopic (exact) mass is 388 g/mol. The molecule has 26 heavy (non-hydrogen) atoms. The zero-order valence-electron chi connectivity index (χ0n) is 14.6. The number of hydrogen-bond acceptors (Lipinski definition) is 7. The fourth-order valence-electron chi connectivity index (χ4n) is 1.85. The van der Waals surface area contributed by atoms with Gasteiger partial charge in [-0.15, -0.1) is 0 Å². The van der Waals surface area contributed by atoms with Gasteiger partial charge in [0.2, 0.25) is 16.9 Å². The molecule has 2 rings (SSSR count). The second kappa shape index (κ2) is 8.04. The average Bonchev–Trinajstić information content (AvgIpc) is 2.53. The van der Waals surface area contributed by atoms with Gasteiger partial charge in [0.15, 0.2) is 5.82 Å². The standard InChI is InChI=1S/C15H19F3N6OS/c1-8(2)19-13-22-12(10-6-5-7-11(21-10)26(4)25)23-14(24-13)20-9(3)15(16,17)18/h5-9H,1-4H3,(H2,19,20,22,23,24)/t9-,26?/m1/s1. The highest BCUT2D eigenvalue weighted by molar-refractivity contribution is 7.90. The molecule has 11 heteroatoms. The van der Waals surface area contributed by atoms with Crippen LogP contribution in [0.4, 0.5) is 25.1 Å². The lowest BCUT2D eigenvalue weighted by Crippen LogP contribution is -2.34. The van der Waals surface area contributed by atoms with Crippen LogP contribution in [0.5, 0.6) is 0 Å². The largest absolute Gasteiger partial charge is 0.610 e. The molecule has 0 aliphatic rings. The van der Waals surface area contributed by atoms with Crippen LogP contribution in [0.2, 0.25) is 0 Å². The van der Waals surface area contributed by atoms with E-state index >= 15 is 0 Å². The van der Waals surface area contributed by atoms with Crippen molar-refractivity contribution in [3.05, 3.63) is 18.2 Å². The van der Waals surface area contributed by atoms with Gasteiger partial charge in [0.05, 0.1) is 0 Å². The summed E-state index contributed by atoms with van der Waals surface area (Å²) in [4.78, 5) is 16.4. The number of rotatable bonds is 6.